The Hall–Kier alpha value is -1.32. The number of carboxylic acid groups (broad SMARTS) is 1. The molecule has 80 valence electrons. The molecule has 4 nitrogen and oxygen atoms in total. The number of hydrogen-bond acceptors (Lipinski definition) is 2. The van der Waals surface area contributed by atoms with Crippen LogP contribution in [0.3, 0.4) is 0 Å². The first kappa shape index (κ1) is 12.7. The van der Waals surface area contributed by atoms with E-state index in [0.29, 0.717) is 0 Å². The van der Waals surface area contributed by atoms with Crippen molar-refractivity contribution in [1.82, 2.24) is 5.32 Å². The monoisotopic (exact) mass is 199 g/mol. The molecule has 1 atom stereocenters. The molecule has 0 aliphatic heterocycles. The summed E-state index contributed by atoms with van der Waals surface area (Å²) >= 11 is 0. The van der Waals surface area contributed by atoms with Gasteiger partial charge in [-0.1, -0.05) is 19.4 Å². The predicted octanol–water partition coefficient (Wildman–Crippen LogP) is 1.18. The zero-order valence-electron chi connectivity index (χ0n) is 8.83. The van der Waals surface area contributed by atoms with Crippen LogP contribution in [0.4, 0.5) is 0 Å². The first-order valence-electron chi connectivity index (χ1n) is 4.52. The lowest BCUT2D eigenvalue weighted by molar-refractivity contribution is -0.142. The van der Waals surface area contributed by atoms with Gasteiger partial charge in [-0.15, -0.1) is 6.58 Å². The molecule has 0 rings (SSSR count). The van der Waals surface area contributed by atoms with Gasteiger partial charge in [-0.2, -0.15) is 0 Å². The minimum atomic E-state index is -1.03. The summed E-state index contributed by atoms with van der Waals surface area (Å²) in [6, 6.07) is -0.859. The van der Waals surface area contributed by atoms with E-state index in [9.17, 15) is 9.59 Å². The molecule has 0 heterocycles. The Morgan fingerprint density at radius 3 is 2.21 bits per heavy atom. The van der Waals surface area contributed by atoms with Crippen LogP contribution in [0.25, 0.3) is 0 Å². The molecule has 0 aromatic carbocycles. The van der Waals surface area contributed by atoms with Crippen LogP contribution in [0.15, 0.2) is 12.2 Å². The second-order valence-electron chi connectivity index (χ2n) is 3.72. The second-order valence-corrected chi connectivity index (χ2v) is 3.72. The van der Waals surface area contributed by atoms with Crippen molar-refractivity contribution in [2.45, 2.75) is 33.2 Å². The van der Waals surface area contributed by atoms with Gasteiger partial charge in [-0.05, 0) is 13.3 Å². The normalized spacial score (nSPS) is 12.3. The van der Waals surface area contributed by atoms with Gasteiger partial charge in [0.2, 0.25) is 5.91 Å². The third-order valence-corrected chi connectivity index (χ3v) is 1.69. The van der Waals surface area contributed by atoms with Gasteiger partial charge in [0.05, 0.1) is 0 Å². The number of carbonyl (C=O) groups is 2. The molecule has 1 amide bonds. The fraction of sp³-hybridized carbons (Fsp3) is 0.600. The van der Waals surface area contributed by atoms with E-state index < -0.39 is 12.0 Å². The molecule has 2 N–H and O–H groups in total. The molecule has 0 unspecified atom stereocenters. The van der Waals surface area contributed by atoms with Gasteiger partial charge in [0.25, 0.3) is 0 Å². The zero-order valence-corrected chi connectivity index (χ0v) is 8.83. The van der Waals surface area contributed by atoms with E-state index in [4.69, 9.17) is 5.11 Å². The summed E-state index contributed by atoms with van der Waals surface area (Å²) < 4.78 is 0. The largest absolute Gasteiger partial charge is 0.480 e. The lowest BCUT2D eigenvalue weighted by atomic mass is 10.1. The first-order chi connectivity index (χ1) is 6.34. The highest BCUT2D eigenvalue weighted by Crippen LogP contribution is 2.03. The van der Waals surface area contributed by atoms with Crippen molar-refractivity contribution >= 4 is 11.9 Å². The summed E-state index contributed by atoms with van der Waals surface area (Å²) in [4.78, 5) is 22.0. The highest BCUT2D eigenvalue weighted by molar-refractivity contribution is 5.84. The van der Waals surface area contributed by atoms with Crippen molar-refractivity contribution in [3.63, 3.8) is 0 Å². The van der Waals surface area contributed by atoms with Gasteiger partial charge in [0, 0.05) is 5.92 Å². The van der Waals surface area contributed by atoms with E-state index in [1.165, 1.54) is 0 Å². The number of amides is 1. The molecule has 4 heteroatoms. The summed E-state index contributed by atoms with van der Waals surface area (Å²) in [5.74, 6) is -1.48. The van der Waals surface area contributed by atoms with Gasteiger partial charge < -0.3 is 10.4 Å². The average Bonchev–Trinajstić information content (AvgIpc) is 2.01. The number of rotatable bonds is 5. The van der Waals surface area contributed by atoms with Gasteiger partial charge >= 0.3 is 5.97 Å². The molecule has 0 saturated heterocycles. The topological polar surface area (TPSA) is 66.4 Å². The minimum absolute atomic E-state index is 0.207. The zero-order chi connectivity index (χ0) is 11.3. The number of nitrogens with one attached hydrogen (secondary N) is 1. The van der Waals surface area contributed by atoms with Crippen molar-refractivity contribution in [3.05, 3.63) is 12.2 Å². The van der Waals surface area contributed by atoms with E-state index in [2.05, 4.69) is 11.9 Å². The Bertz CT molecular complexity index is 246. The van der Waals surface area contributed by atoms with E-state index in [1.54, 1.807) is 20.8 Å². The lowest BCUT2D eigenvalue weighted by Gasteiger charge is -2.15. The van der Waals surface area contributed by atoms with E-state index >= 15 is 0 Å². The average molecular weight is 199 g/mol. The van der Waals surface area contributed by atoms with Crippen LogP contribution < -0.4 is 5.32 Å². The highest BCUT2D eigenvalue weighted by atomic mass is 16.4. The first-order valence-corrected chi connectivity index (χ1v) is 4.52. The Morgan fingerprint density at radius 1 is 1.43 bits per heavy atom. The van der Waals surface area contributed by atoms with Crippen LogP contribution in [0.2, 0.25) is 0 Å². The van der Waals surface area contributed by atoms with Gasteiger partial charge in [-0.25, -0.2) is 4.79 Å². The fourth-order valence-electron chi connectivity index (χ4n) is 0.887. The maximum atomic E-state index is 11.2. The third-order valence-electron chi connectivity index (χ3n) is 1.69. The molecule has 0 radical (unpaired) electrons. The summed E-state index contributed by atoms with van der Waals surface area (Å²) in [6.07, 6.45) is 0.272. The SMILES string of the molecule is C=C(C)C[C@@H](NC(=O)C(C)C)C(=O)O. The van der Waals surface area contributed by atoms with Gasteiger partial charge in [-0.3, -0.25) is 4.79 Å². The number of carbonyl (C=O) groups excluding carboxylic acids is 1. The van der Waals surface area contributed by atoms with E-state index in [-0.39, 0.29) is 18.2 Å². The van der Waals surface area contributed by atoms with Crippen molar-refractivity contribution in [1.29, 1.82) is 0 Å². The summed E-state index contributed by atoms with van der Waals surface area (Å²) in [5, 5.41) is 11.2. The van der Waals surface area contributed by atoms with Crippen molar-refractivity contribution in [2.75, 3.05) is 0 Å². The molecule has 0 bridgehead atoms. The van der Waals surface area contributed by atoms with Crippen LogP contribution >= 0.6 is 0 Å². The third kappa shape index (κ3) is 4.64. The Labute approximate surface area is 84.0 Å². The molecule has 0 saturated carbocycles. The molecule has 14 heavy (non-hydrogen) atoms. The standard InChI is InChI=1S/C10H17NO3/c1-6(2)5-8(10(13)14)11-9(12)7(3)4/h7-8H,1,5H2,2-4H3,(H,11,12)(H,13,14)/t8-/m1/s1. The minimum Gasteiger partial charge on any atom is -0.480 e. The van der Waals surface area contributed by atoms with Crippen molar-refractivity contribution in [2.24, 2.45) is 5.92 Å². The van der Waals surface area contributed by atoms with Crippen LogP contribution in [0, 0.1) is 5.92 Å². The maximum absolute atomic E-state index is 11.2. The quantitative estimate of drug-likeness (QED) is 0.653. The molecule has 0 aromatic heterocycles. The predicted molar refractivity (Wildman–Crippen MR) is 53.8 cm³/mol. The molecule has 0 aliphatic rings. The van der Waals surface area contributed by atoms with Crippen LogP contribution in [-0.4, -0.2) is 23.0 Å². The summed E-state index contributed by atoms with van der Waals surface area (Å²) in [5.41, 5.74) is 0.737. The fourth-order valence-corrected chi connectivity index (χ4v) is 0.887. The maximum Gasteiger partial charge on any atom is 0.326 e. The molecular weight excluding hydrogens is 182 g/mol. The number of hydrogen-bond donors (Lipinski definition) is 2. The summed E-state index contributed by atoms with van der Waals surface area (Å²) in [7, 11) is 0. The molecular formula is C10H17NO3. The summed E-state index contributed by atoms with van der Waals surface area (Å²) in [6.45, 7) is 8.78. The second kappa shape index (κ2) is 5.42. The lowest BCUT2D eigenvalue weighted by Crippen LogP contribution is -2.42. The Balaban J connectivity index is 4.31. The smallest absolute Gasteiger partial charge is 0.326 e. The Morgan fingerprint density at radius 2 is 1.93 bits per heavy atom. The molecule has 0 spiro atoms. The number of aliphatic carboxylic acids is 1. The van der Waals surface area contributed by atoms with Crippen molar-refractivity contribution in [3.8, 4) is 0 Å². The van der Waals surface area contributed by atoms with Crippen LogP contribution in [0.1, 0.15) is 27.2 Å². The van der Waals surface area contributed by atoms with Crippen molar-refractivity contribution < 1.29 is 14.7 Å². The Kier molecular flexibility index (Phi) is 4.91. The molecule has 0 aliphatic carbocycles. The van der Waals surface area contributed by atoms with Gasteiger partial charge in [0.15, 0.2) is 0 Å². The van der Waals surface area contributed by atoms with E-state index in [1.807, 2.05) is 0 Å². The van der Waals surface area contributed by atoms with Gasteiger partial charge in [0.1, 0.15) is 6.04 Å². The molecule has 0 fully saturated rings. The van der Waals surface area contributed by atoms with Crippen LogP contribution in [-0.2, 0) is 9.59 Å². The van der Waals surface area contributed by atoms with Crippen LogP contribution in [0.5, 0.6) is 0 Å². The number of carboxylic acids is 1. The molecule has 0 aromatic rings. The van der Waals surface area contributed by atoms with E-state index in [0.717, 1.165) is 5.57 Å². The highest BCUT2D eigenvalue weighted by Gasteiger charge is 2.20.